The van der Waals surface area contributed by atoms with E-state index in [1.165, 1.54) is 12.1 Å². The summed E-state index contributed by atoms with van der Waals surface area (Å²) < 4.78 is 38.0. The van der Waals surface area contributed by atoms with Crippen LogP contribution in [0.3, 0.4) is 0 Å². The van der Waals surface area contributed by atoms with Gasteiger partial charge in [0.2, 0.25) is 0 Å². The second-order valence-electron chi connectivity index (χ2n) is 3.49. The number of carboxylic acids is 1. The van der Waals surface area contributed by atoms with E-state index in [2.05, 4.69) is 11.2 Å². The van der Waals surface area contributed by atoms with Crippen molar-refractivity contribution in [2.24, 2.45) is 0 Å². The highest BCUT2D eigenvalue weighted by Gasteiger charge is 2.34. The summed E-state index contributed by atoms with van der Waals surface area (Å²) in [4.78, 5) is 10.8. The van der Waals surface area contributed by atoms with Crippen molar-refractivity contribution >= 4 is 11.7 Å². The Morgan fingerprint density at radius 3 is 2.56 bits per heavy atom. The Hall–Kier alpha value is -2.16. The molecular weight excluding hydrogens is 247 g/mol. The van der Waals surface area contributed by atoms with Gasteiger partial charge in [-0.05, 0) is 12.1 Å². The van der Waals surface area contributed by atoms with Crippen LogP contribution in [0.5, 0.6) is 0 Å². The minimum Gasteiger partial charge on any atom is -0.480 e. The van der Waals surface area contributed by atoms with Crippen LogP contribution in [0.25, 0.3) is 0 Å². The molecule has 3 nitrogen and oxygen atoms in total. The van der Waals surface area contributed by atoms with Gasteiger partial charge in [-0.3, -0.25) is 0 Å². The van der Waals surface area contributed by atoms with E-state index in [1.54, 1.807) is 0 Å². The fraction of sp³-hybridized carbons (Fsp3) is 0.250. The predicted molar refractivity (Wildman–Crippen MR) is 59.9 cm³/mol. The number of nitrogens with one attached hydrogen (secondary N) is 1. The molecule has 1 aromatic rings. The van der Waals surface area contributed by atoms with E-state index in [0.29, 0.717) is 0 Å². The standard InChI is InChI=1S/C12H10F3NO2/c1-2-5-10(11(17)18)16-9-7-4-3-6-8(9)12(13,14)15/h1,3-4,6-7,10,16H,5H2,(H,17,18). The average Bonchev–Trinajstić information content (AvgIpc) is 2.27. The number of rotatable bonds is 4. The van der Waals surface area contributed by atoms with Gasteiger partial charge in [-0.1, -0.05) is 12.1 Å². The van der Waals surface area contributed by atoms with Crippen LogP contribution in [0, 0.1) is 12.3 Å². The third-order valence-corrected chi connectivity index (χ3v) is 2.18. The fourth-order valence-electron chi connectivity index (χ4n) is 1.36. The van der Waals surface area contributed by atoms with Crippen molar-refractivity contribution in [3.8, 4) is 12.3 Å². The number of hydrogen-bond acceptors (Lipinski definition) is 2. The van der Waals surface area contributed by atoms with E-state index in [-0.39, 0.29) is 12.1 Å². The van der Waals surface area contributed by atoms with Gasteiger partial charge in [-0.15, -0.1) is 12.3 Å². The number of benzene rings is 1. The second kappa shape index (κ2) is 5.45. The van der Waals surface area contributed by atoms with Gasteiger partial charge in [0, 0.05) is 12.1 Å². The second-order valence-corrected chi connectivity index (χ2v) is 3.49. The minimum atomic E-state index is -4.55. The normalized spacial score (nSPS) is 12.6. The number of terminal acetylenes is 1. The van der Waals surface area contributed by atoms with Gasteiger partial charge >= 0.3 is 12.1 Å². The number of hydrogen-bond donors (Lipinski definition) is 2. The first-order valence-electron chi connectivity index (χ1n) is 4.95. The minimum absolute atomic E-state index is 0.207. The summed E-state index contributed by atoms with van der Waals surface area (Å²) in [7, 11) is 0. The lowest BCUT2D eigenvalue weighted by atomic mass is 10.1. The van der Waals surface area contributed by atoms with E-state index in [9.17, 15) is 18.0 Å². The van der Waals surface area contributed by atoms with Crippen LogP contribution in [0.2, 0.25) is 0 Å². The maximum absolute atomic E-state index is 12.7. The van der Waals surface area contributed by atoms with Crippen LogP contribution in [-0.2, 0) is 11.0 Å². The smallest absolute Gasteiger partial charge is 0.418 e. The van der Waals surface area contributed by atoms with Crippen LogP contribution in [0.15, 0.2) is 24.3 Å². The van der Waals surface area contributed by atoms with Crippen molar-refractivity contribution in [1.82, 2.24) is 0 Å². The summed E-state index contributed by atoms with van der Waals surface area (Å²) >= 11 is 0. The van der Waals surface area contributed by atoms with Crippen molar-refractivity contribution in [3.05, 3.63) is 29.8 Å². The zero-order chi connectivity index (χ0) is 13.8. The van der Waals surface area contributed by atoms with Crippen LogP contribution < -0.4 is 5.32 Å². The van der Waals surface area contributed by atoms with Gasteiger partial charge < -0.3 is 10.4 Å². The SMILES string of the molecule is C#CCC(Nc1ccccc1C(F)(F)F)C(=O)O. The van der Waals surface area contributed by atoms with Crippen LogP contribution in [0.4, 0.5) is 18.9 Å². The van der Waals surface area contributed by atoms with Crippen molar-refractivity contribution in [1.29, 1.82) is 0 Å². The maximum Gasteiger partial charge on any atom is 0.418 e. The molecule has 18 heavy (non-hydrogen) atoms. The third-order valence-electron chi connectivity index (χ3n) is 2.18. The first-order chi connectivity index (χ1) is 8.36. The number of para-hydroxylation sites is 1. The number of carbonyl (C=O) groups is 1. The molecular formula is C12H10F3NO2. The number of halogens is 3. The molecule has 1 rings (SSSR count). The van der Waals surface area contributed by atoms with Crippen molar-refractivity contribution in [3.63, 3.8) is 0 Å². The molecule has 1 unspecified atom stereocenters. The zero-order valence-corrected chi connectivity index (χ0v) is 9.16. The monoisotopic (exact) mass is 257 g/mol. The number of aliphatic carboxylic acids is 1. The summed E-state index contributed by atoms with van der Waals surface area (Å²) in [5, 5.41) is 11.1. The van der Waals surface area contributed by atoms with E-state index in [4.69, 9.17) is 11.5 Å². The van der Waals surface area contributed by atoms with Crippen LogP contribution >= 0.6 is 0 Å². The Balaban J connectivity index is 3.04. The first-order valence-corrected chi connectivity index (χ1v) is 4.95. The van der Waals surface area contributed by atoms with Crippen molar-refractivity contribution < 1.29 is 23.1 Å². The molecule has 0 radical (unpaired) electrons. The Bertz CT molecular complexity index is 477. The molecule has 0 bridgehead atoms. The number of alkyl halides is 3. The van der Waals surface area contributed by atoms with Gasteiger partial charge in [-0.25, -0.2) is 4.79 Å². The number of anilines is 1. The Labute approximate surface area is 102 Å². The lowest BCUT2D eigenvalue weighted by Crippen LogP contribution is -2.29. The molecule has 0 aliphatic rings. The molecule has 0 fully saturated rings. The molecule has 96 valence electrons. The lowest BCUT2D eigenvalue weighted by molar-refractivity contribution is -0.139. The van der Waals surface area contributed by atoms with Gasteiger partial charge in [0.25, 0.3) is 0 Å². The molecule has 6 heteroatoms. The van der Waals surface area contributed by atoms with Crippen molar-refractivity contribution in [2.75, 3.05) is 5.32 Å². The largest absolute Gasteiger partial charge is 0.480 e. The van der Waals surface area contributed by atoms with E-state index in [1.807, 2.05) is 0 Å². The van der Waals surface area contributed by atoms with Crippen molar-refractivity contribution in [2.45, 2.75) is 18.6 Å². The molecule has 2 N–H and O–H groups in total. The molecule has 0 saturated carbocycles. The Morgan fingerprint density at radius 2 is 2.06 bits per heavy atom. The fourth-order valence-corrected chi connectivity index (χ4v) is 1.36. The maximum atomic E-state index is 12.7. The van der Waals surface area contributed by atoms with E-state index < -0.39 is 23.8 Å². The lowest BCUT2D eigenvalue weighted by Gasteiger charge is -2.17. The van der Waals surface area contributed by atoms with Gasteiger partial charge in [0.15, 0.2) is 0 Å². The van der Waals surface area contributed by atoms with Gasteiger partial charge in [-0.2, -0.15) is 13.2 Å². The quantitative estimate of drug-likeness (QED) is 0.815. The molecule has 1 aromatic carbocycles. The highest BCUT2D eigenvalue weighted by atomic mass is 19.4. The summed E-state index contributed by atoms with van der Waals surface area (Å²) in [5.74, 6) is 0.802. The Kier molecular flexibility index (Phi) is 4.21. The third kappa shape index (κ3) is 3.42. The molecule has 0 aromatic heterocycles. The Morgan fingerprint density at radius 1 is 1.44 bits per heavy atom. The molecule has 0 amide bonds. The van der Waals surface area contributed by atoms with E-state index >= 15 is 0 Å². The van der Waals surface area contributed by atoms with Gasteiger partial charge in [0.05, 0.1) is 5.56 Å². The molecule has 1 atom stereocenters. The molecule has 0 heterocycles. The summed E-state index contributed by atoms with van der Waals surface area (Å²) in [6, 6.07) is 3.39. The molecule has 0 aliphatic heterocycles. The van der Waals surface area contributed by atoms with E-state index in [0.717, 1.165) is 12.1 Å². The topological polar surface area (TPSA) is 49.3 Å². The van der Waals surface area contributed by atoms with Crippen LogP contribution in [-0.4, -0.2) is 17.1 Å². The summed E-state index contributed by atoms with van der Waals surface area (Å²) in [5.41, 5.74) is -1.22. The van der Waals surface area contributed by atoms with Crippen LogP contribution in [0.1, 0.15) is 12.0 Å². The molecule has 0 aliphatic carbocycles. The highest BCUT2D eigenvalue weighted by molar-refractivity contribution is 5.78. The summed E-state index contributed by atoms with van der Waals surface area (Å²) in [6.45, 7) is 0. The predicted octanol–water partition coefficient (Wildman–Crippen LogP) is 2.59. The highest BCUT2D eigenvalue weighted by Crippen LogP contribution is 2.34. The zero-order valence-electron chi connectivity index (χ0n) is 9.16. The first kappa shape index (κ1) is 13.9. The average molecular weight is 257 g/mol. The van der Waals surface area contributed by atoms with Gasteiger partial charge in [0.1, 0.15) is 6.04 Å². The summed E-state index contributed by atoms with van der Waals surface area (Å²) in [6.07, 6.45) is 0.210. The number of carboxylic acid groups (broad SMARTS) is 1. The molecule has 0 spiro atoms. The molecule has 0 saturated heterocycles.